The Morgan fingerprint density at radius 2 is 1.60 bits per heavy atom. The molecule has 0 aliphatic carbocycles. The Morgan fingerprint density at radius 3 is 2.15 bits per heavy atom. The fourth-order valence-corrected chi connectivity index (χ4v) is 4.66. The molecule has 0 radical (unpaired) electrons. The maximum absolute atomic E-state index is 5.83. The number of hydrogen-bond acceptors (Lipinski definition) is 5. The van der Waals surface area contributed by atoms with Crippen molar-refractivity contribution in [1.29, 1.82) is 0 Å². The zero-order chi connectivity index (χ0) is 14.8. The fourth-order valence-electron chi connectivity index (χ4n) is 2.40. The molecule has 0 saturated carbocycles. The van der Waals surface area contributed by atoms with Crippen LogP contribution in [-0.4, -0.2) is 65.5 Å². The van der Waals surface area contributed by atoms with Gasteiger partial charge in [-0.2, -0.15) is 0 Å². The lowest BCUT2D eigenvalue weighted by molar-refractivity contribution is 0.0729. The van der Waals surface area contributed by atoms with Gasteiger partial charge in [0.1, 0.15) is 6.17 Å². The predicted octanol–water partition coefficient (Wildman–Crippen LogP) is 2.13. The van der Waals surface area contributed by atoms with Crippen LogP contribution >= 0.6 is 0 Å². The third-order valence-electron chi connectivity index (χ3n) is 3.38. The minimum absolute atomic E-state index is 0.557. The molecule has 0 atom stereocenters. The Bertz CT molecular complexity index is 283. The number of aliphatic imine (C=N–C) groups is 1. The van der Waals surface area contributed by atoms with Crippen LogP contribution in [-0.2, 0) is 13.3 Å². The summed E-state index contributed by atoms with van der Waals surface area (Å²) < 4.78 is 17.5. The van der Waals surface area contributed by atoms with Gasteiger partial charge in [-0.3, -0.25) is 4.99 Å². The Hall–Kier alpha value is -0.273. The third-order valence-corrected chi connectivity index (χ3v) is 6.11. The van der Waals surface area contributed by atoms with E-state index in [1.807, 2.05) is 20.8 Å². The van der Waals surface area contributed by atoms with Gasteiger partial charge in [-0.15, -0.1) is 0 Å². The molecule has 1 saturated heterocycles. The van der Waals surface area contributed by atoms with Crippen LogP contribution < -0.4 is 0 Å². The highest BCUT2D eigenvalue weighted by molar-refractivity contribution is 6.61. The molecule has 0 aromatic heterocycles. The van der Waals surface area contributed by atoms with Crippen molar-refractivity contribution in [3.05, 3.63) is 0 Å². The summed E-state index contributed by atoms with van der Waals surface area (Å²) in [7, 11) is -0.445. The van der Waals surface area contributed by atoms with E-state index in [-0.39, 0.29) is 0 Å². The molecule has 1 heterocycles. The molecule has 0 N–H and O–H groups in total. The van der Waals surface area contributed by atoms with E-state index in [1.54, 1.807) is 0 Å². The lowest BCUT2D eigenvalue weighted by Crippen LogP contribution is -2.49. The Morgan fingerprint density at radius 1 is 1.00 bits per heavy atom. The summed E-state index contributed by atoms with van der Waals surface area (Å²) in [6, 6.07) is 0. The SMILES string of the molecule is CCO[Si](CN=C1CCCN(C)CC1)(OCC)OCC. The van der Waals surface area contributed by atoms with Crippen molar-refractivity contribution < 1.29 is 13.3 Å². The van der Waals surface area contributed by atoms with E-state index in [2.05, 4.69) is 11.9 Å². The quantitative estimate of drug-likeness (QED) is 0.644. The van der Waals surface area contributed by atoms with Crippen molar-refractivity contribution in [3.8, 4) is 0 Å². The Balaban J connectivity index is 2.67. The van der Waals surface area contributed by atoms with Crippen LogP contribution in [0, 0.1) is 0 Å². The van der Waals surface area contributed by atoms with Crippen LogP contribution in [0.1, 0.15) is 40.0 Å². The second-order valence-electron chi connectivity index (χ2n) is 5.02. The molecule has 0 aromatic carbocycles. The van der Waals surface area contributed by atoms with E-state index >= 15 is 0 Å². The van der Waals surface area contributed by atoms with Gasteiger partial charge in [0.05, 0.1) is 0 Å². The van der Waals surface area contributed by atoms with Crippen LogP contribution in [0.4, 0.5) is 0 Å². The minimum atomic E-state index is -2.61. The van der Waals surface area contributed by atoms with Crippen molar-refractivity contribution in [2.24, 2.45) is 4.99 Å². The molecule has 0 bridgehead atoms. The Labute approximate surface area is 124 Å². The summed E-state index contributed by atoms with van der Waals surface area (Å²) in [6.07, 6.45) is 3.87. The van der Waals surface area contributed by atoms with Crippen molar-refractivity contribution in [1.82, 2.24) is 4.90 Å². The lowest BCUT2D eigenvalue weighted by atomic mass is 10.2. The normalized spacial score (nSPS) is 20.3. The second kappa shape index (κ2) is 9.62. The zero-order valence-electron chi connectivity index (χ0n) is 13.5. The van der Waals surface area contributed by atoms with Crippen LogP contribution in [0.2, 0.25) is 0 Å². The molecule has 20 heavy (non-hydrogen) atoms. The van der Waals surface area contributed by atoms with E-state index in [4.69, 9.17) is 18.3 Å². The maximum Gasteiger partial charge on any atom is 0.523 e. The molecular weight excluding hydrogens is 272 g/mol. The van der Waals surface area contributed by atoms with Crippen LogP contribution in [0.5, 0.6) is 0 Å². The first-order valence-electron chi connectivity index (χ1n) is 7.78. The number of likely N-dealkylation sites (tertiary alicyclic amines) is 1. The predicted molar refractivity (Wildman–Crippen MR) is 84.3 cm³/mol. The molecule has 5 nitrogen and oxygen atoms in total. The van der Waals surface area contributed by atoms with Gasteiger partial charge >= 0.3 is 8.80 Å². The van der Waals surface area contributed by atoms with Crippen molar-refractivity contribution in [2.75, 3.05) is 46.1 Å². The van der Waals surface area contributed by atoms with E-state index in [9.17, 15) is 0 Å². The molecule has 118 valence electrons. The van der Waals surface area contributed by atoms with Crippen molar-refractivity contribution in [3.63, 3.8) is 0 Å². The summed E-state index contributed by atoms with van der Waals surface area (Å²) in [5.74, 6) is 0. The molecule has 0 unspecified atom stereocenters. The fraction of sp³-hybridized carbons (Fsp3) is 0.929. The Kier molecular flexibility index (Phi) is 8.56. The average Bonchev–Trinajstić information content (AvgIpc) is 2.62. The smallest absolute Gasteiger partial charge is 0.373 e. The first-order chi connectivity index (χ1) is 9.65. The summed E-state index contributed by atoms with van der Waals surface area (Å²) in [6.45, 7) is 10.0. The van der Waals surface area contributed by atoms with Crippen LogP contribution in [0.3, 0.4) is 0 Å². The molecule has 0 amide bonds. The highest BCUT2D eigenvalue weighted by atomic mass is 28.4. The number of nitrogens with zero attached hydrogens (tertiary/aromatic N) is 2. The molecule has 1 fully saturated rings. The first-order valence-corrected chi connectivity index (χ1v) is 9.71. The summed E-state index contributed by atoms with van der Waals surface area (Å²) in [5.41, 5.74) is 1.28. The zero-order valence-corrected chi connectivity index (χ0v) is 14.5. The van der Waals surface area contributed by atoms with Gasteiger partial charge in [0, 0.05) is 32.1 Å². The van der Waals surface area contributed by atoms with Gasteiger partial charge in [0.25, 0.3) is 0 Å². The van der Waals surface area contributed by atoms with Gasteiger partial charge in [-0.25, -0.2) is 0 Å². The van der Waals surface area contributed by atoms with Gasteiger partial charge < -0.3 is 18.2 Å². The largest absolute Gasteiger partial charge is 0.523 e. The van der Waals surface area contributed by atoms with Crippen molar-refractivity contribution >= 4 is 14.5 Å². The number of hydrogen-bond donors (Lipinski definition) is 0. The van der Waals surface area contributed by atoms with Gasteiger partial charge in [0.2, 0.25) is 0 Å². The summed E-state index contributed by atoms with van der Waals surface area (Å²) in [4.78, 5) is 7.14. The minimum Gasteiger partial charge on any atom is -0.373 e. The average molecular weight is 302 g/mol. The van der Waals surface area contributed by atoms with Gasteiger partial charge in [-0.05, 0) is 53.6 Å². The molecule has 0 aromatic rings. The van der Waals surface area contributed by atoms with Gasteiger partial charge in [0.15, 0.2) is 0 Å². The van der Waals surface area contributed by atoms with Gasteiger partial charge in [-0.1, -0.05) is 0 Å². The molecule has 6 heteroatoms. The van der Waals surface area contributed by atoms with Crippen LogP contribution in [0.25, 0.3) is 0 Å². The molecule has 1 aliphatic rings. The topological polar surface area (TPSA) is 43.3 Å². The van der Waals surface area contributed by atoms with E-state index in [1.165, 1.54) is 12.1 Å². The summed E-state index contributed by atoms with van der Waals surface area (Å²) >= 11 is 0. The third kappa shape index (κ3) is 6.01. The highest BCUT2D eigenvalue weighted by Gasteiger charge is 2.40. The first kappa shape index (κ1) is 17.8. The van der Waals surface area contributed by atoms with Crippen LogP contribution in [0.15, 0.2) is 4.99 Å². The molecule has 0 spiro atoms. The molecule has 1 rings (SSSR count). The van der Waals surface area contributed by atoms with E-state index < -0.39 is 8.80 Å². The monoisotopic (exact) mass is 302 g/mol. The lowest BCUT2D eigenvalue weighted by Gasteiger charge is -2.27. The second-order valence-corrected chi connectivity index (χ2v) is 7.57. The van der Waals surface area contributed by atoms with Crippen molar-refractivity contribution in [2.45, 2.75) is 40.0 Å². The molecular formula is C14H30N2O3Si. The van der Waals surface area contributed by atoms with E-state index in [0.717, 1.165) is 25.9 Å². The van der Waals surface area contributed by atoms with E-state index in [0.29, 0.717) is 26.0 Å². The number of rotatable bonds is 8. The summed E-state index contributed by atoms with van der Waals surface area (Å²) in [5, 5.41) is 0. The molecule has 1 aliphatic heterocycles. The standard InChI is InChI=1S/C14H30N2O3Si/c1-5-17-20(18-6-2,19-7-3)13-15-14-9-8-11-16(4)12-10-14/h5-13H2,1-4H3. The maximum atomic E-state index is 5.83. The highest BCUT2D eigenvalue weighted by Crippen LogP contribution is 2.13.